The number of carbonyl (C=O) groups is 3. The third-order valence-electron chi connectivity index (χ3n) is 5.67. The molecular formula is C25H30N2O5. The third-order valence-corrected chi connectivity index (χ3v) is 5.67. The number of nitrogens with one attached hydrogen (secondary N) is 2. The molecule has 0 radical (unpaired) electrons. The van der Waals surface area contributed by atoms with Gasteiger partial charge in [0.25, 0.3) is 0 Å². The molecule has 0 spiro atoms. The van der Waals surface area contributed by atoms with E-state index in [1.165, 1.54) is 0 Å². The van der Waals surface area contributed by atoms with Crippen molar-refractivity contribution >= 4 is 18.0 Å². The number of hydrogen-bond donors (Lipinski definition) is 3. The Kier molecular flexibility index (Phi) is 7.18. The van der Waals surface area contributed by atoms with Gasteiger partial charge in [-0.15, -0.1) is 0 Å². The number of carboxylic acid groups (broad SMARTS) is 1. The summed E-state index contributed by atoms with van der Waals surface area (Å²) in [6.45, 7) is 5.46. The molecule has 170 valence electrons. The topological polar surface area (TPSA) is 105 Å². The van der Waals surface area contributed by atoms with Gasteiger partial charge in [0.15, 0.2) is 0 Å². The first-order valence-corrected chi connectivity index (χ1v) is 10.8. The van der Waals surface area contributed by atoms with E-state index in [9.17, 15) is 14.4 Å². The molecule has 3 rings (SSSR count). The lowest BCUT2D eigenvalue weighted by Crippen LogP contribution is -2.48. The van der Waals surface area contributed by atoms with E-state index in [4.69, 9.17) is 9.84 Å². The van der Waals surface area contributed by atoms with Crippen LogP contribution in [0.5, 0.6) is 0 Å². The minimum Gasteiger partial charge on any atom is -0.481 e. The van der Waals surface area contributed by atoms with Crippen LogP contribution in [0.3, 0.4) is 0 Å². The maximum absolute atomic E-state index is 12.5. The van der Waals surface area contributed by atoms with E-state index < -0.39 is 23.6 Å². The van der Waals surface area contributed by atoms with E-state index >= 15 is 0 Å². The van der Waals surface area contributed by atoms with Crippen LogP contribution in [-0.4, -0.2) is 41.3 Å². The van der Waals surface area contributed by atoms with Gasteiger partial charge in [0, 0.05) is 23.9 Å². The zero-order valence-electron chi connectivity index (χ0n) is 18.7. The van der Waals surface area contributed by atoms with E-state index in [1.807, 2.05) is 31.2 Å². The van der Waals surface area contributed by atoms with Crippen molar-refractivity contribution in [2.45, 2.75) is 57.5 Å². The molecule has 1 aliphatic carbocycles. The van der Waals surface area contributed by atoms with Gasteiger partial charge in [-0.1, -0.05) is 55.5 Å². The highest BCUT2D eigenvalue weighted by Crippen LogP contribution is 2.44. The zero-order chi connectivity index (χ0) is 23.3. The Labute approximate surface area is 188 Å². The van der Waals surface area contributed by atoms with Crippen molar-refractivity contribution in [3.63, 3.8) is 0 Å². The van der Waals surface area contributed by atoms with Crippen LogP contribution < -0.4 is 10.6 Å². The molecule has 7 nitrogen and oxygen atoms in total. The highest BCUT2D eigenvalue weighted by molar-refractivity contribution is 5.80. The molecule has 0 heterocycles. The molecule has 7 heteroatoms. The molecule has 0 fully saturated rings. The van der Waals surface area contributed by atoms with Gasteiger partial charge in [-0.3, -0.25) is 9.59 Å². The predicted molar refractivity (Wildman–Crippen MR) is 121 cm³/mol. The maximum atomic E-state index is 12.5. The number of ether oxygens (including phenoxy) is 1. The maximum Gasteiger partial charge on any atom is 0.407 e. The number of aliphatic carboxylic acids is 1. The Morgan fingerprint density at radius 2 is 1.59 bits per heavy atom. The fourth-order valence-electron chi connectivity index (χ4n) is 4.14. The number of hydrogen-bond acceptors (Lipinski definition) is 4. The number of carboxylic acids is 1. The average molecular weight is 439 g/mol. The first-order valence-electron chi connectivity index (χ1n) is 10.8. The monoisotopic (exact) mass is 438 g/mol. The third kappa shape index (κ3) is 5.66. The lowest BCUT2D eigenvalue weighted by atomic mass is 9.98. The van der Waals surface area contributed by atoms with Gasteiger partial charge in [-0.2, -0.15) is 0 Å². The Balaban J connectivity index is 1.56. The smallest absolute Gasteiger partial charge is 0.407 e. The second-order valence-electron chi connectivity index (χ2n) is 8.78. The van der Waals surface area contributed by atoms with Crippen LogP contribution >= 0.6 is 0 Å². The summed E-state index contributed by atoms with van der Waals surface area (Å²) in [6, 6.07) is 15.8. The standard InChI is InChI=1S/C25H30N2O5/c1-4-16(13-23(29)30)26-22(28)14-25(2,3)27-24(31)32-15-21-19-11-7-5-9-17(19)18-10-6-8-12-20(18)21/h5-12,16,21H,4,13-15H2,1-3H3,(H,26,28)(H,27,31)(H,29,30)/t16-/m1/s1. The minimum absolute atomic E-state index is 0.00726. The zero-order valence-corrected chi connectivity index (χ0v) is 18.7. The Bertz CT molecular complexity index is 956. The molecule has 0 aromatic heterocycles. The van der Waals surface area contributed by atoms with Crippen molar-refractivity contribution in [3.05, 3.63) is 59.7 Å². The Morgan fingerprint density at radius 3 is 2.12 bits per heavy atom. The van der Waals surface area contributed by atoms with E-state index in [1.54, 1.807) is 13.8 Å². The first-order chi connectivity index (χ1) is 15.2. The van der Waals surface area contributed by atoms with Gasteiger partial charge in [0.2, 0.25) is 5.91 Å². The predicted octanol–water partition coefficient (Wildman–Crippen LogP) is 4.06. The number of rotatable bonds is 9. The summed E-state index contributed by atoms with van der Waals surface area (Å²) in [5.41, 5.74) is 3.71. The van der Waals surface area contributed by atoms with Crippen molar-refractivity contribution in [1.29, 1.82) is 0 Å². The molecule has 0 bridgehead atoms. The van der Waals surface area contributed by atoms with E-state index in [0.717, 1.165) is 22.3 Å². The Hall–Kier alpha value is -3.35. The minimum atomic E-state index is -0.965. The van der Waals surface area contributed by atoms with Crippen LogP contribution in [-0.2, 0) is 14.3 Å². The second-order valence-corrected chi connectivity index (χ2v) is 8.78. The quantitative estimate of drug-likeness (QED) is 0.548. The molecule has 1 atom stereocenters. The van der Waals surface area contributed by atoms with Crippen molar-refractivity contribution in [1.82, 2.24) is 10.6 Å². The molecule has 2 aromatic carbocycles. The fourth-order valence-corrected chi connectivity index (χ4v) is 4.14. The van der Waals surface area contributed by atoms with Crippen LogP contribution in [0.4, 0.5) is 4.79 Å². The van der Waals surface area contributed by atoms with Gasteiger partial charge >= 0.3 is 12.1 Å². The largest absolute Gasteiger partial charge is 0.481 e. The number of alkyl carbamates (subject to hydrolysis) is 1. The Morgan fingerprint density at radius 1 is 1.03 bits per heavy atom. The molecule has 0 unspecified atom stereocenters. The van der Waals surface area contributed by atoms with Gasteiger partial charge < -0.3 is 20.5 Å². The van der Waals surface area contributed by atoms with Crippen LogP contribution in [0.25, 0.3) is 11.1 Å². The molecule has 1 aliphatic rings. The van der Waals surface area contributed by atoms with Gasteiger partial charge in [-0.25, -0.2) is 4.79 Å². The molecule has 0 saturated heterocycles. The van der Waals surface area contributed by atoms with Crippen LogP contribution in [0.1, 0.15) is 57.1 Å². The summed E-state index contributed by atoms with van der Waals surface area (Å²) < 4.78 is 5.55. The molecule has 0 saturated carbocycles. The van der Waals surface area contributed by atoms with E-state index in [-0.39, 0.29) is 31.3 Å². The van der Waals surface area contributed by atoms with Crippen molar-refractivity contribution in [2.24, 2.45) is 0 Å². The summed E-state index contributed by atoms with van der Waals surface area (Å²) in [5.74, 6) is -1.32. The molecule has 2 amide bonds. The van der Waals surface area contributed by atoms with Gasteiger partial charge in [-0.05, 0) is 42.5 Å². The number of benzene rings is 2. The molecule has 3 N–H and O–H groups in total. The summed E-state index contributed by atoms with van der Waals surface area (Å²) in [6.07, 6.45) is -0.212. The first kappa shape index (κ1) is 23.3. The highest BCUT2D eigenvalue weighted by atomic mass is 16.5. The van der Waals surface area contributed by atoms with Crippen LogP contribution in [0, 0.1) is 0 Å². The van der Waals surface area contributed by atoms with Gasteiger partial charge in [0.05, 0.1) is 6.42 Å². The fraction of sp³-hybridized carbons (Fsp3) is 0.400. The molecule has 32 heavy (non-hydrogen) atoms. The van der Waals surface area contributed by atoms with Crippen molar-refractivity contribution < 1.29 is 24.2 Å². The summed E-state index contributed by atoms with van der Waals surface area (Å²) >= 11 is 0. The lowest BCUT2D eigenvalue weighted by molar-refractivity contribution is -0.137. The van der Waals surface area contributed by atoms with Gasteiger partial charge in [0.1, 0.15) is 6.61 Å². The van der Waals surface area contributed by atoms with Crippen LogP contribution in [0.15, 0.2) is 48.5 Å². The van der Waals surface area contributed by atoms with E-state index in [0.29, 0.717) is 6.42 Å². The molecular weight excluding hydrogens is 408 g/mol. The summed E-state index contributed by atoms with van der Waals surface area (Å²) in [7, 11) is 0. The summed E-state index contributed by atoms with van der Waals surface area (Å²) in [4.78, 5) is 35.7. The lowest BCUT2D eigenvalue weighted by Gasteiger charge is -2.27. The normalized spacial score (nSPS) is 13.6. The number of fused-ring (bicyclic) bond motifs is 3. The SMILES string of the molecule is CC[C@H](CC(=O)O)NC(=O)CC(C)(C)NC(=O)OCC1c2ccccc2-c2ccccc21. The van der Waals surface area contributed by atoms with E-state index in [2.05, 4.69) is 34.9 Å². The van der Waals surface area contributed by atoms with Crippen LogP contribution in [0.2, 0.25) is 0 Å². The van der Waals surface area contributed by atoms with Crippen molar-refractivity contribution in [2.75, 3.05) is 6.61 Å². The second kappa shape index (κ2) is 9.85. The number of amides is 2. The molecule has 0 aliphatic heterocycles. The average Bonchev–Trinajstić information content (AvgIpc) is 3.04. The number of carbonyl (C=O) groups excluding carboxylic acids is 2. The molecule has 2 aromatic rings. The highest BCUT2D eigenvalue weighted by Gasteiger charge is 2.30. The van der Waals surface area contributed by atoms with Crippen molar-refractivity contribution in [3.8, 4) is 11.1 Å². The summed E-state index contributed by atoms with van der Waals surface area (Å²) in [5, 5.41) is 14.4.